The van der Waals surface area contributed by atoms with Crippen LogP contribution in [0.5, 0.6) is 11.5 Å². The van der Waals surface area contributed by atoms with Crippen LogP contribution in [0.25, 0.3) is 27.8 Å². The molecule has 7 rings (SSSR count). The third-order valence-corrected chi connectivity index (χ3v) is 8.89. The van der Waals surface area contributed by atoms with Gasteiger partial charge in [-0.05, 0) is 63.2 Å². The lowest BCUT2D eigenvalue weighted by Gasteiger charge is -2.37. The number of hydrogen-bond donors (Lipinski definition) is 4. The number of allylic oxidation sites excluding steroid dienone is 4. The Morgan fingerprint density at radius 1 is 0.614 bits per heavy atom. The quantitative estimate of drug-likeness (QED) is 0.173. The molecular formula is C39H30O5. The highest BCUT2D eigenvalue weighted by atomic mass is 16.3. The van der Waals surface area contributed by atoms with Crippen LogP contribution in [0.4, 0.5) is 0 Å². The van der Waals surface area contributed by atoms with E-state index in [2.05, 4.69) is 0 Å². The molecule has 5 heteroatoms. The van der Waals surface area contributed by atoms with E-state index in [0.717, 1.165) is 27.8 Å². The highest BCUT2D eigenvalue weighted by molar-refractivity contribution is 6.14. The number of Topliss-reactive ketones (excluding diaryl/α,β-unsaturated/α-hetero) is 1. The fourth-order valence-corrected chi connectivity index (χ4v) is 6.94. The zero-order valence-electron chi connectivity index (χ0n) is 23.9. The normalized spacial score (nSPS) is 14.9. The summed E-state index contributed by atoms with van der Waals surface area (Å²) >= 11 is 0. The van der Waals surface area contributed by atoms with Gasteiger partial charge in [0.2, 0.25) is 0 Å². The van der Waals surface area contributed by atoms with Gasteiger partial charge in [-0.1, -0.05) is 97.1 Å². The number of phenols is 2. The lowest BCUT2D eigenvalue weighted by atomic mass is 9.64. The molecule has 5 aromatic rings. The molecule has 0 aliphatic heterocycles. The molecule has 0 heterocycles. The number of hydrogen-bond acceptors (Lipinski definition) is 5. The fraction of sp³-hybridized carbons (Fsp3) is 0.103. The average Bonchev–Trinajstić information content (AvgIpc) is 3.38. The van der Waals surface area contributed by atoms with Gasteiger partial charge in [0.15, 0.2) is 5.78 Å². The lowest BCUT2D eigenvalue weighted by molar-refractivity contribution is -0.115. The van der Waals surface area contributed by atoms with Gasteiger partial charge >= 0.3 is 0 Å². The number of carbonyl (C=O) groups excluding carboxylic acids is 1. The van der Waals surface area contributed by atoms with E-state index in [4.69, 9.17) is 0 Å². The Morgan fingerprint density at radius 2 is 1.11 bits per heavy atom. The van der Waals surface area contributed by atoms with Crippen LogP contribution >= 0.6 is 0 Å². The van der Waals surface area contributed by atoms with E-state index in [1.807, 2.05) is 109 Å². The van der Waals surface area contributed by atoms with Crippen molar-refractivity contribution in [3.63, 3.8) is 0 Å². The van der Waals surface area contributed by atoms with Crippen molar-refractivity contribution in [1.82, 2.24) is 0 Å². The minimum atomic E-state index is -1.18. The van der Waals surface area contributed by atoms with Crippen molar-refractivity contribution in [3.8, 4) is 33.8 Å². The summed E-state index contributed by atoms with van der Waals surface area (Å²) in [5, 5.41) is 43.7. The molecule has 0 fully saturated rings. The molecule has 2 aliphatic carbocycles. The Balaban J connectivity index is 1.66. The Labute approximate surface area is 255 Å². The molecule has 2 aliphatic rings. The fourth-order valence-electron chi connectivity index (χ4n) is 6.94. The topological polar surface area (TPSA) is 98.0 Å². The van der Waals surface area contributed by atoms with Crippen LogP contribution in [0, 0.1) is 0 Å². The van der Waals surface area contributed by atoms with Gasteiger partial charge in [-0.25, -0.2) is 0 Å². The van der Waals surface area contributed by atoms with Crippen LogP contribution < -0.4 is 0 Å². The standard InChI is InChI=1S/C39H30O5/c40-22-26-18-28(20-32(37(26)43)24-10-3-1-4-11-24)39(34-16-8-7-14-30(34)31-15-9-17-35(42)36(31)39)29-19-27(23-41)38(44)33(21-29)25-12-5-2-6-13-25/h1-16,18-21,40-41,43-44H,17,22-23H2. The highest BCUT2D eigenvalue weighted by Gasteiger charge is 2.51. The summed E-state index contributed by atoms with van der Waals surface area (Å²) in [7, 11) is 0. The van der Waals surface area contributed by atoms with E-state index in [0.29, 0.717) is 39.0 Å². The zero-order chi connectivity index (χ0) is 30.4. The van der Waals surface area contributed by atoms with Gasteiger partial charge in [-0.2, -0.15) is 0 Å². The van der Waals surface area contributed by atoms with E-state index in [1.54, 1.807) is 12.1 Å². The van der Waals surface area contributed by atoms with E-state index in [1.165, 1.54) is 0 Å². The van der Waals surface area contributed by atoms with Crippen LogP contribution in [0.15, 0.2) is 127 Å². The molecule has 216 valence electrons. The highest BCUT2D eigenvalue weighted by Crippen LogP contribution is 2.58. The van der Waals surface area contributed by atoms with Crippen LogP contribution in [-0.4, -0.2) is 26.2 Å². The van der Waals surface area contributed by atoms with E-state index >= 15 is 0 Å². The minimum Gasteiger partial charge on any atom is -0.507 e. The molecule has 0 saturated carbocycles. The van der Waals surface area contributed by atoms with Gasteiger partial charge in [0.05, 0.1) is 18.6 Å². The summed E-state index contributed by atoms with van der Waals surface area (Å²) in [6, 6.07) is 34.2. The Hall–Kier alpha value is -5.23. The largest absolute Gasteiger partial charge is 0.507 e. The van der Waals surface area contributed by atoms with Crippen molar-refractivity contribution in [2.75, 3.05) is 0 Å². The Kier molecular flexibility index (Phi) is 6.77. The number of aliphatic hydroxyl groups is 2. The number of aromatic hydroxyl groups is 2. The molecule has 0 radical (unpaired) electrons. The van der Waals surface area contributed by atoms with Crippen molar-refractivity contribution in [2.24, 2.45) is 0 Å². The van der Waals surface area contributed by atoms with Crippen molar-refractivity contribution in [1.29, 1.82) is 0 Å². The third-order valence-electron chi connectivity index (χ3n) is 8.89. The third kappa shape index (κ3) is 4.05. The van der Waals surface area contributed by atoms with Gasteiger partial charge in [-0.3, -0.25) is 4.79 Å². The molecule has 0 atom stereocenters. The van der Waals surface area contributed by atoms with Gasteiger partial charge in [0, 0.05) is 34.2 Å². The average molecular weight is 579 g/mol. The van der Waals surface area contributed by atoms with Crippen molar-refractivity contribution < 1.29 is 25.2 Å². The molecule has 44 heavy (non-hydrogen) atoms. The summed E-state index contributed by atoms with van der Waals surface area (Å²) in [5.74, 6) is -0.0992. The van der Waals surface area contributed by atoms with Gasteiger partial charge < -0.3 is 20.4 Å². The molecule has 0 aromatic heterocycles. The second-order valence-corrected chi connectivity index (χ2v) is 11.2. The first-order valence-corrected chi connectivity index (χ1v) is 14.6. The summed E-state index contributed by atoms with van der Waals surface area (Å²) in [5.41, 5.74) is 6.61. The van der Waals surface area contributed by atoms with Gasteiger partial charge in [0.25, 0.3) is 0 Å². The van der Waals surface area contributed by atoms with Crippen molar-refractivity contribution >= 4 is 11.4 Å². The van der Waals surface area contributed by atoms with E-state index in [-0.39, 0.29) is 23.7 Å². The predicted molar refractivity (Wildman–Crippen MR) is 171 cm³/mol. The van der Waals surface area contributed by atoms with Gasteiger partial charge in [0.1, 0.15) is 11.5 Å². The van der Waals surface area contributed by atoms with E-state index in [9.17, 15) is 25.2 Å². The number of carbonyl (C=O) groups is 1. The maximum Gasteiger partial charge on any atom is 0.164 e. The summed E-state index contributed by atoms with van der Waals surface area (Å²) < 4.78 is 0. The SMILES string of the molecule is O=C1CC=CC2=C1C(c1cc(CO)c(O)c(-c3ccccc3)c1)(c1cc(CO)c(O)c(-c3ccccc3)c1)c1ccccc12. The summed E-state index contributed by atoms with van der Waals surface area (Å²) in [4.78, 5) is 14.2. The van der Waals surface area contributed by atoms with E-state index < -0.39 is 18.6 Å². The Bertz CT molecular complexity index is 1890. The first kappa shape index (κ1) is 27.6. The van der Waals surface area contributed by atoms with Crippen LogP contribution in [0.3, 0.4) is 0 Å². The van der Waals surface area contributed by atoms with Crippen LogP contribution in [0.2, 0.25) is 0 Å². The molecule has 5 aromatic carbocycles. The van der Waals surface area contributed by atoms with Crippen LogP contribution in [0.1, 0.15) is 39.8 Å². The van der Waals surface area contributed by atoms with Crippen molar-refractivity contribution in [2.45, 2.75) is 25.0 Å². The number of aliphatic hydroxyl groups excluding tert-OH is 2. The van der Waals surface area contributed by atoms with Gasteiger partial charge in [-0.15, -0.1) is 0 Å². The summed E-state index contributed by atoms with van der Waals surface area (Å²) in [6.45, 7) is -0.826. The number of benzene rings is 5. The maximum absolute atomic E-state index is 14.2. The molecule has 0 bridgehead atoms. The zero-order valence-corrected chi connectivity index (χ0v) is 23.9. The first-order chi connectivity index (χ1) is 21.5. The molecule has 0 unspecified atom stereocenters. The number of fused-ring (bicyclic) bond motifs is 2. The molecule has 0 amide bonds. The molecule has 0 saturated heterocycles. The monoisotopic (exact) mass is 578 g/mol. The smallest absolute Gasteiger partial charge is 0.164 e. The first-order valence-electron chi connectivity index (χ1n) is 14.6. The Morgan fingerprint density at radius 3 is 1.64 bits per heavy atom. The minimum absolute atomic E-state index is 0.0281. The molecule has 4 N–H and O–H groups in total. The number of ketones is 1. The number of rotatable bonds is 6. The summed E-state index contributed by atoms with van der Waals surface area (Å²) in [6.07, 6.45) is 4.10. The molecule has 5 nitrogen and oxygen atoms in total. The van der Waals surface area contributed by atoms with Crippen molar-refractivity contribution in [3.05, 3.63) is 160 Å². The molecular weight excluding hydrogens is 548 g/mol. The molecule has 0 spiro atoms. The maximum atomic E-state index is 14.2. The second-order valence-electron chi connectivity index (χ2n) is 11.2. The predicted octanol–water partition coefficient (Wildman–Crippen LogP) is 7.05. The second kappa shape index (κ2) is 10.8. The van der Waals surface area contributed by atoms with Crippen LogP contribution in [-0.2, 0) is 23.4 Å². The lowest BCUT2D eigenvalue weighted by Crippen LogP contribution is -2.34.